The summed E-state index contributed by atoms with van der Waals surface area (Å²) in [4.78, 5) is 22.4. The number of thiophene rings is 1. The van der Waals surface area contributed by atoms with E-state index in [2.05, 4.69) is 11.2 Å². The van der Waals surface area contributed by atoms with E-state index in [4.69, 9.17) is 11.5 Å². The van der Waals surface area contributed by atoms with Crippen molar-refractivity contribution in [2.24, 2.45) is 0 Å². The van der Waals surface area contributed by atoms with Crippen LogP contribution in [0.2, 0.25) is 0 Å². The van der Waals surface area contributed by atoms with Gasteiger partial charge in [-0.1, -0.05) is 0 Å². The standard InChI is InChI=1S/C11H11NO3S/c1-3-4-5-8(13)12-9-7(2)6-16-10(9)11(14)15/h1,6H,4-5H2,2H3,(H,12,13)(H,14,15). The molecule has 84 valence electrons. The molecular weight excluding hydrogens is 226 g/mol. The Hall–Kier alpha value is -1.80. The van der Waals surface area contributed by atoms with Gasteiger partial charge < -0.3 is 10.4 Å². The summed E-state index contributed by atoms with van der Waals surface area (Å²) in [6.45, 7) is 1.75. The third-order valence-corrected chi connectivity index (χ3v) is 3.02. The van der Waals surface area contributed by atoms with Gasteiger partial charge in [-0.05, 0) is 17.9 Å². The number of anilines is 1. The summed E-state index contributed by atoms with van der Waals surface area (Å²) >= 11 is 1.10. The number of aryl methyl sites for hydroxylation is 1. The molecule has 5 heteroatoms. The molecule has 0 fully saturated rings. The Morgan fingerprint density at radius 2 is 2.31 bits per heavy atom. The number of rotatable bonds is 4. The Labute approximate surface area is 97.3 Å². The van der Waals surface area contributed by atoms with Gasteiger partial charge in [-0.3, -0.25) is 4.79 Å². The molecule has 0 saturated carbocycles. The minimum atomic E-state index is -1.04. The lowest BCUT2D eigenvalue weighted by Crippen LogP contribution is -2.13. The van der Waals surface area contributed by atoms with Crippen molar-refractivity contribution in [2.75, 3.05) is 5.32 Å². The van der Waals surface area contributed by atoms with Crippen molar-refractivity contribution >= 4 is 28.9 Å². The Balaban J connectivity index is 2.80. The number of aromatic carboxylic acids is 1. The molecule has 0 saturated heterocycles. The SMILES string of the molecule is C#CCCC(=O)Nc1c(C)csc1C(=O)O. The second-order valence-corrected chi connectivity index (χ2v) is 4.06. The highest BCUT2D eigenvalue weighted by atomic mass is 32.1. The molecule has 0 unspecified atom stereocenters. The van der Waals surface area contributed by atoms with E-state index in [1.165, 1.54) is 0 Å². The molecule has 4 nitrogen and oxygen atoms in total. The zero-order valence-corrected chi connectivity index (χ0v) is 9.56. The van der Waals surface area contributed by atoms with Crippen molar-refractivity contribution in [3.05, 3.63) is 15.8 Å². The van der Waals surface area contributed by atoms with Crippen LogP contribution in [0.3, 0.4) is 0 Å². The van der Waals surface area contributed by atoms with E-state index in [0.717, 1.165) is 16.9 Å². The van der Waals surface area contributed by atoms with E-state index < -0.39 is 5.97 Å². The van der Waals surface area contributed by atoms with E-state index in [1.54, 1.807) is 12.3 Å². The molecular formula is C11H11NO3S. The molecule has 1 heterocycles. The fraction of sp³-hybridized carbons (Fsp3) is 0.273. The number of terminal acetylenes is 1. The number of carbonyl (C=O) groups excluding carboxylic acids is 1. The molecule has 1 amide bonds. The van der Waals surface area contributed by atoms with Crippen LogP contribution >= 0.6 is 11.3 Å². The molecule has 0 radical (unpaired) electrons. The average molecular weight is 237 g/mol. The van der Waals surface area contributed by atoms with Crippen molar-refractivity contribution < 1.29 is 14.7 Å². The molecule has 0 aliphatic carbocycles. The number of carboxylic acids is 1. The summed E-state index contributed by atoms with van der Waals surface area (Å²) in [5.74, 6) is 1.06. The molecule has 2 N–H and O–H groups in total. The third kappa shape index (κ3) is 2.84. The van der Waals surface area contributed by atoms with Crippen molar-refractivity contribution in [3.63, 3.8) is 0 Å². The van der Waals surface area contributed by atoms with Crippen LogP contribution in [0.5, 0.6) is 0 Å². The van der Waals surface area contributed by atoms with Crippen molar-refractivity contribution in [2.45, 2.75) is 19.8 Å². The maximum atomic E-state index is 11.4. The first-order valence-electron chi connectivity index (χ1n) is 4.61. The topological polar surface area (TPSA) is 66.4 Å². The summed E-state index contributed by atoms with van der Waals surface area (Å²) in [7, 11) is 0. The van der Waals surface area contributed by atoms with Gasteiger partial charge >= 0.3 is 5.97 Å². The third-order valence-electron chi connectivity index (χ3n) is 1.93. The molecule has 0 aliphatic heterocycles. The van der Waals surface area contributed by atoms with Gasteiger partial charge in [0.15, 0.2) is 0 Å². The van der Waals surface area contributed by atoms with Gasteiger partial charge in [-0.2, -0.15) is 0 Å². The van der Waals surface area contributed by atoms with E-state index in [0.29, 0.717) is 12.1 Å². The summed E-state index contributed by atoms with van der Waals surface area (Å²) in [6, 6.07) is 0. The largest absolute Gasteiger partial charge is 0.477 e. The maximum absolute atomic E-state index is 11.4. The Morgan fingerprint density at radius 1 is 1.62 bits per heavy atom. The van der Waals surface area contributed by atoms with Crippen molar-refractivity contribution in [1.29, 1.82) is 0 Å². The van der Waals surface area contributed by atoms with Gasteiger partial charge in [0.05, 0.1) is 5.69 Å². The van der Waals surface area contributed by atoms with Crippen LogP contribution in [0, 0.1) is 19.3 Å². The lowest BCUT2D eigenvalue weighted by atomic mass is 10.2. The van der Waals surface area contributed by atoms with Gasteiger partial charge in [0.2, 0.25) is 5.91 Å². The number of nitrogens with one attached hydrogen (secondary N) is 1. The number of carboxylic acid groups (broad SMARTS) is 1. The van der Waals surface area contributed by atoms with Gasteiger partial charge in [0.25, 0.3) is 0 Å². The summed E-state index contributed by atoms with van der Waals surface area (Å²) in [5.41, 5.74) is 1.12. The second kappa shape index (κ2) is 5.33. The van der Waals surface area contributed by atoms with Gasteiger partial charge in [-0.25, -0.2) is 4.79 Å². The van der Waals surface area contributed by atoms with E-state index in [1.807, 2.05) is 0 Å². The van der Waals surface area contributed by atoms with Crippen molar-refractivity contribution in [3.8, 4) is 12.3 Å². The fourth-order valence-electron chi connectivity index (χ4n) is 1.14. The van der Waals surface area contributed by atoms with Gasteiger partial charge in [0, 0.05) is 12.8 Å². The van der Waals surface area contributed by atoms with Crippen LogP contribution < -0.4 is 5.32 Å². The van der Waals surface area contributed by atoms with Gasteiger partial charge in [0.1, 0.15) is 4.88 Å². The molecule has 0 spiro atoms. The molecule has 0 bridgehead atoms. The van der Waals surface area contributed by atoms with E-state index in [-0.39, 0.29) is 17.2 Å². The summed E-state index contributed by atoms with van der Waals surface area (Å²) < 4.78 is 0. The van der Waals surface area contributed by atoms with Crippen LogP contribution in [0.25, 0.3) is 0 Å². The monoisotopic (exact) mass is 237 g/mol. The van der Waals surface area contributed by atoms with Crippen LogP contribution in [0.1, 0.15) is 28.1 Å². The number of hydrogen-bond donors (Lipinski definition) is 2. The minimum absolute atomic E-state index is 0.145. The fourth-order valence-corrected chi connectivity index (χ4v) is 1.99. The lowest BCUT2D eigenvalue weighted by Gasteiger charge is -2.04. The van der Waals surface area contributed by atoms with Crippen LogP contribution in [-0.2, 0) is 4.79 Å². The first-order valence-corrected chi connectivity index (χ1v) is 5.49. The molecule has 1 aromatic heterocycles. The smallest absolute Gasteiger partial charge is 0.348 e. The lowest BCUT2D eigenvalue weighted by molar-refractivity contribution is -0.116. The minimum Gasteiger partial charge on any atom is -0.477 e. The highest BCUT2D eigenvalue weighted by molar-refractivity contribution is 7.12. The quantitative estimate of drug-likeness (QED) is 0.788. The van der Waals surface area contributed by atoms with E-state index in [9.17, 15) is 9.59 Å². The normalized spacial score (nSPS) is 9.50. The van der Waals surface area contributed by atoms with Crippen LogP contribution in [0.15, 0.2) is 5.38 Å². The predicted octanol–water partition coefficient (Wildman–Crippen LogP) is 2.11. The van der Waals surface area contributed by atoms with Crippen LogP contribution in [-0.4, -0.2) is 17.0 Å². The first-order chi connectivity index (χ1) is 7.56. The van der Waals surface area contributed by atoms with E-state index >= 15 is 0 Å². The summed E-state index contributed by atoms with van der Waals surface area (Å²) in [6.07, 6.45) is 5.58. The van der Waals surface area contributed by atoms with Crippen LogP contribution in [0.4, 0.5) is 5.69 Å². The Bertz CT molecular complexity index is 456. The maximum Gasteiger partial charge on any atom is 0.348 e. The molecule has 1 rings (SSSR count). The first kappa shape index (κ1) is 12.3. The molecule has 16 heavy (non-hydrogen) atoms. The Morgan fingerprint density at radius 3 is 2.88 bits per heavy atom. The second-order valence-electron chi connectivity index (χ2n) is 3.18. The Kier molecular flexibility index (Phi) is 4.09. The van der Waals surface area contributed by atoms with Crippen molar-refractivity contribution in [1.82, 2.24) is 0 Å². The molecule has 0 aliphatic rings. The zero-order valence-electron chi connectivity index (χ0n) is 8.74. The predicted molar refractivity (Wildman–Crippen MR) is 62.7 cm³/mol. The number of hydrogen-bond acceptors (Lipinski definition) is 3. The molecule has 0 atom stereocenters. The highest BCUT2D eigenvalue weighted by Gasteiger charge is 2.16. The van der Waals surface area contributed by atoms with Gasteiger partial charge in [-0.15, -0.1) is 23.7 Å². The number of carbonyl (C=O) groups is 2. The summed E-state index contributed by atoms with van der Waals surface area (Å²) in [5, 5.41) is 13.2. The average Bonchev–Trinajstić information content (AvgIpc) is 2.58. The number of amides is 1. The molecule has 0 aromatic carbocycles. The molecule has 1 aromatic rings. The zero-order chi connectivity index (χ0) is 12.1. The highest BCUT2D eigenvalue weighted by Crippen LogP contribution is 2.27.